The van der Waals surface area contributed by atoms with Crippen LogP contribution < -0.4 is 4.74 Å². The van der Waals surface area contributed by atoms with Crippen molar-refractivity contribution in [2.24, 2.45) is 5.92 Å². The second-order valence-electron chi connectivity index (χ2n) is 5.81. The lowest BCUT2D eigenvalue weighted by Crippen LogP contribution is -2.38. The van der Waals surface area contributed by atoms with Crippen LogP contribution in [0.3, 0.4) is 0 Å². The van der Waals surface area contributed by atoms with Gasteiger partial charge in [0, 0.05) is 18.7 Å². The molecule has 118 valence electrons. The molecule has 1 aromatic carbocycles. The summed E-state index contributed by atoms with van der Waals surface area (Å²) in [5.41, 5.74) is 2.48. The third-order valence-electron chi connectivity index (χ3n) is 4.48. The fourth-order valence-corrected chi connectivity index (χ4v) is 2.98. The maximum Gasteiger partial charge on any atom is 0.407 e. The van der Waals surface area contributed by atoms with E-state index in [-0.39, 0.29) is 5.97 Å². The van der Waals surface area contributed by atoms with Gasteiger partial charge >= 0.3 is 12.1 Å². The predicted octanol–water partition coefficient (Wildman–Crippen LogP) is 2.43. The Morgan fingerprint density at radius 2 is 2.14 bits per heavy atom. The van der Waals surface area contributed by atoms with E-state index >= 15 is 0 Å². The lowest BCUT2D eigenvalue weighted by atomic mass is 9.98. The Morgan fingerprint density at radius 3 is 2.82 bits per heavy atom. The molecule has 0 atom stereocenters. The predicted molar refractivity (Wildman–Crippen MR) is 78.1 cm³/mol. The molecule has 2 heterocycles. The van der Waals surface area contributed by atoms with Crippen LogP contribution in [0.15, 0.2) is 12.1 Å². The molecule has 0 aliphatic carbocycles. The van der Waals surface area contributed by atoms with Crippen molar-refractivity contribution in [3.8, 4) is 5.75 Å². The number of amides is 1. The number of ether oxygens (including phenoxy) is 2. The molecule has 6 nitrogen and oxygen atoms in total. The van der Waals surface area contributed by atoms with Crippen molar-refractivity contribution in [3.63, 3.8) is 0 Å². The third-order valence-corrected chi connectivity index (χ3v) is 4.48. The lowest BCUT2D eigenvalue weighted by molar-refractivity contribution is 0.0534. The summed E-state index contributed by atoms with van der Waals surface area (Å²) in [6, 6.07) is 3.56. The number of hydrogen-bond acceptors (Lipinski definition) is 4. The van der Waals surface area contributed by atoms with Crippen molar-refractivity contribution < 1.29 is 24.2 Å². The van der Waals surface area contributed by atoms with Crippen LogP contribution >= 0.6 is 0 Å². The molecule has 3 rings (SSSR count). The highest BCUT2D eigenvalue weighted by Gasteiger charge is 2.26. The molecule has 1 N–H and O–H groups in total. The largest absolute Gasteiger partial charge is 0.493 e. The van der Waals surface area contributed by atoms with Crippen LogP contribution in [0.5, 0.6) is 5.75 Å². The number of fused-ring (bicyclic) bond motifs is 1. The molecule has 2 aliphatic heterocycles. The Balaban J connectivity index is 1.59. The second kappa shape index (κ2) is 5.87. The molecule has 2 aliphatic rings. The molecule has 1 amide bonds. The van der Waals surface area contributed by atoms with Crippen LogP contribution in [-0.4, -0.2) is 41.8 Å². The van der Waals surface area contributed by atoms with Crippen LogP contribution in [0.25, 0.3) is 0 Å². The average molecular weight is 305 g/mol. The number of esters is 1. The van der Waals surface area contributed by atoms with E-state index in [1.54, 1.807) is 6.07 Å². The van der Waals surface area contributed by atoms with Crippen LogP contribution in [0.1, 0.15) is 34.3 Å². The molecular formula is C16H19NO5. The fraction of sp³-hybridized carbons (Fsp3) is 0.500. The van der Waals surface area contributed by atoms with Crippen LogP contribution in [0.2, 0.25) is 0 Å². The molecule has 1 aromatic rings. The molecule has 1 saturated heterocycles. The van der Waals surface area contributed by atoms with E-state index in [9.17, 15) is 9.59 Å². The smallest absolute Gasteiger partial charge is 0.407 e. The number of carboxylic acid groups (broad SMARTS) is 1. The Kier molecular flexibility index (Phi) is 3.92. The summed E-state index contributed by atoms with van der Waals surface area (Å²) >= 11 is 0. The first kappa shape index (κ1) is 14.7. The first-order chi connectivity index (χ1) is 10.6. The molecule has 0 saturated carbocycles. The summed E-state index contributed by atoms with van der Waals surface area (Å²) < 4.78 is 10.9. The maximum atomic E-state index is 11.5. The van der Waals surface area contributed by atoms with Crippen molar-refractivity contribution in [1.29, 1.82) is 0 Å². The van der Waals surface area contributed by atoms with E-state index < -0.39 is 6.09 Å². The van der Waals surface area contributed by atoms with Crippen molar-refractivity contribution >= 4 is 12.1 Å². The number of likely N-dealkylation sites (tertiary alicyclic amines) is 1. The zero-order valence-electron chi connectivity index (χ0n) is 12.5. The number of nitrogens with zero attached hydrogens (tertiary/aromatic N) is 1. The van der Waals surface area contributed by atoms with Gasteiger partial charge < -0.3 is 19.5 Å². The van der Waals surface area contributed by atoms with Gasteiger partial charge in [0.2, 0.25) is 0 Å². The van der Waals surface area contributed by atoms with Gasteiger partial charge in [-0.15, -0.1) is 0 Å². The summed E-state index contributed by atoms with van der Waals surface area (Å²) in [4.78, 5) is 23.8. The highest BCUT2D eigenvalue weighted by Crippen LogP contribution is 2.30. The quantitative estimate of drug-likeness (QED) is 0.868. The van der Waals surface area contributed by atoms with Crippen LogP contribution in [0, 0.1) is 12.8 Å². The lowest BCUT2D eigenvalue weighted by Gasteiger charge is -2.30. The standard InChI is InChI=1S/C16H19NO5/c1-10-13-9-22-15(18)12(13)2-3-14(10)21-8-11-4-6-17(7-5-11)16(19)20/h2-3,11H,4-9H2,1H3,(H,19,20). The minimum atomic E-state index is -0.849. The summed E-state index contributed by atoms with van der Waals surface area (Å²) in [7, 11) is 0. The topological polar surface area (TPSA) is 76.1 Å². The molecule has 0 unspecified atom stereocenters. The Hall–Kier alpha value is -2.24. The van der Waals surface area contributed by atoms with Gasteiger partial charge in [-0.2, -0.15) is 0 Å². The van der Waals surface area contributed by atoms with Gasteiger partial charge in [0.1, 0.15) is 12.4 Å². The summed E-state index contributed by atoms with van der Waals surface area (Å²) in [5, 5.41) is 8.94. The summed E-state index contributed by atoms with van der Waals surface area (Å²) in [6.07, 6.45) is 0.786. The highest BCUT2D eigenvalue weighted by molar-refractivity contribution is 5.94. The molecule has 22 heavy (non-hydrogen) atoms. The van der Waals surface area contributed by atoms with E-state index in [0.29, 0.717) is 37.8 Å². The summed E-state index contributed by atoms with van der Waals surface area (Å²) in [5.74, 6) is 0.865. The Morgan fingerprint density at radius 1 is 1.41 bits per heavy atom. The van der Waals surface area contributed by atoms with Crippen molar-refractivity contribution in [2.75, 3.05) is 19.7 Å². The van der Waals surface area contributed by atoms with Gasteiger partial charge in [0.05, 0.1) is 12.2 Å². The van der Waals surface area contributed by atoms with E-state index in [1.165, 1.54) is 4.90 Å². The van der Waals surface area contributed by atoms with Gasteiger partial charge in [0.25, 0.3) is 0 Å². The molecule has 0 radical (unpaired) electrons. The number of cyclic esters (lactones) is 1. The van der Waals surface area contributed by atoms with Gasteiger partial charge in [0.15, 0.2) is 0 Å². The van der Waals surface area contributed by atoms with E-state index in [1.807, 2.05) is 13.0 Å². The zero-order valence-corrected chi connectivity index (χ0v) is 12.5. The Bertz CT molecular complexity index is 605. The van der Waals surface area contributed by atoms with Crippen LogP contribution in [0.4, 0.5) is 4.79 Å². The van der Waals surface area contributed by atoms with Crippen molar-refractivity contribution in [1.82, 2.24) is 4.90 Å². The van der Waals surface area contributed by atoms with E-state index in [0.717, 1.165) is 29.7 Å². The molecule has 0 bridgehead atoms. The second-order valence-corrected chi connectivity index (χ2v) is 5.81. The van der Waals surface area contributed by atoms with Crippen LogP contribution in [-0.2, 0) is 11.3 Å². The molecule has 0 aromatic heterocycles. The van der Waals surface area contributed by atoms with Crippen molar-refractivity contribution in [2.45, 2.75) is 26.4 Å². The fourth-order valence-electron chi connectivity index (χ4n) is 2.98. The monoisotopic (exact) mass is 305 g/mol. The number of rotatable bonds is 3. The molecule has 0 spiro atoms. The average Bonchev–Trinajstić information content (AvgIpc) is 2.89. The third kappa shape index (κ3) is 2.73. The molecule has 1 fully saturated rings. The van der Waals surface area contributed by atoms with Gasteiger partial charge in [-0.05, 0) is 43.4 Å². The van der Waals surface area contributed by atoms with Gasteiger partial charge in [-0.3, -0.25) is 0 Å². The zero-order chi connectivity index (χ0) is 15.7. The van der Waals surface area contributed by atoms with E-state index in [4.69, 9.17) is 14.6 Å². The minimum absolute atomic E-state index is 0.273. The SMILES string of the molecule is Cc1c(OCC2CCN(C(=O)O)CC2)ccc2c1COC2=O. The molecule has 6 heteroatoms. The Labute approximate surface area is 128 Å². The van der Waals surface area contributed by atoms with E-state index in [2.05, 4.69) is 0 Å². The minimum Gasteiger partial charge on any atom is -0.493 e. The summed E-state index contributed by atoms with van der Waals surface area (Å²) in [6.45, 7) is 3.95. The number of carbonyl (C=O) groups is 2. The normalized spacial score (nSPS) is 18.0. The van der Waals surface area contributed by atoms with Gasteiger partial charge in [-0.25, -0.2) is 9.59 Å². The highest BCUT2D eigenvalue weighted by atomic mass is 16.5. The maximum absolute atomic E-state index is 11.5. The van der Waals surface area contributed by atoms with Crippen molar-refractivity contribution in [3.05, 3.63) is 28.8 Å². The molecular weight excluding hydrogens is 286 g/mol. The number of benzene rings is 1. The number of hydrogen-bond donors (Lipinski definition) is 1. The number of piperidine rings is 1. The first-order valence-corrected chi connectivity index (χ1v) is 7.46. The van der Waals surface area contributed by atoms with Gasteiger partial charge in [-0.1, -0.05) is 0 Å². The number of carbonyl (C=O) groups excluding carboxylic acids is 1. The first-order valence-electron chi connectivity index (χ1n) is 7.46.